The number of hydrogen-bond donors (Lipinski definition) is 0. The Labute approximate surface area is 96.7 Å². The summed E-state index contributed by atoms with van der Waals surface area (Å²) in [6.07, 6.45) is 6.48. The fourth-order valence-corrected chi connectivity index (χ4v) is 3.19. The standard InChI is InChI=1S/C12H23BrO/c1-11(2,14-4)7-8-12(3)6-5-10(13)9-12/h10H,5-9H2,1-4H3. The van der Waals surface area contributed by atoms with E-state index in [2.05, 4.69) is 36.7 Å². The maximum absolute atomic E-state index is 5.46. The molecular weight excluding hydrogens is 240 g/mol. The second kappa shape index (κ2) is 4.52. The molecule has 0 spiro atoms. The monoisotopic (exact) mass is 262 g/mol. The highest BCUT2D eigenvalue weighted by Gasteiger charge is 2.35. The van der Waals surface area contributed by atoms with E-state index in [4.69, 9.17) is 4.74 Å². The molecule has 2 unspecified atom stereocenters. The Bertz CT molecular complexity index is 191. The van der Waals surface area contributed by atoms with Gasteiger partial charge in [-0.1, -0.05) is 22.9 Å². The molecule has 0 bridgehead atoms. The predicted octanol–water partition coefficient (Wildman–Crippen LogP) is 4.15. The van der Waals surface area contributed by atoms with Crippen LogP contribution in [0.1, 0.15) is 52.9 Å². The van der Waals surface area contributed by atoms with Crippen molar-refractivity contribution in [3.8, 4) is 0 Å². The van der Waals surface area contributed by atoms with Crippen molar-refractivity contribution in [2.75, 3.05) is 7.11 Å². The average Bonchev–Trinajstić information content (AvgIpc) is 2.45. The Balaban J connectivity index is 2.37. The summed E-state index contributed by atoms with van der Waals surface area (Å²) in [5.41, 5.74) is 0.595. The Morgan fingerprint density at radius 3 is 2.57 bits per heavy atom. The number of methoxy groups -OCH3 is 1. The maximum Gasteiger partial charge on any atom is 0.0623 e. The highest BCUT2D eigenvalue weighted by atomic mass is 79.9. The third-order valence-electron chi connectivity index (χ3n) is 3.66. The largest absolute Gasteiger partial charge is 0.379 e. The molecule has 1 nitrogen and oxygen atoms in total. The van der Waals surface area contributed by atoms with E-state index in [1.807, 2.05) is 7.11 Å². The van der Waals surface area contributed by atoms with E-state index in [-0.39, 0.29) is 5.60 Å². The Kier molecular flexibility index (Phi) is 4.04. The molecule has 0 heterocycles. The predicted molar refractivity (Wildman–Crippen MR) is 65.0 cm³/mol. The zero-order chi connectivity index (χ0) is 10.8. The van der Waals surface area contributed by atoms with Crippen LogP contribution in [-0.2, 0) is 4.74 Å². The minimum absolute atomic E-state index is 0.0490. The zero-order valence-corrected chi connectivity index (χ0v) is 11.5. The Hall–Kier alpha value is 0.440. The quantitative estimate of drug-likeness (QED) is 0.692. The topological polar surface area (TPSA) is 9.23 Å². The molecule has 0 N–H and O–H groups in total. The van der Waals surface area contributed by atoms with Crippen LogP contribution < -0.4 is 0 Å². The van der Waals surface area contributed by atoms with Crippen LogP contribution in [-0.4, -0.2) is 17.5 Å². The van der Waals surface area contributed by atoms with E-state index in [0.717, 1.165) is 4.83 Å². The molecule has 0 amide bonds. The molecule has 0 aromatic heterocycles. The third kappa shape index (κ3) is 3.54. The molecule has 1 rings (SSSR count). The molecule has 0 aromatic carbocycles. The summed E-state index contributed by atoms with van der Waals surface area (Å²) in [6, 6.07) is 0. The van der Waals surface area contributed by atoms with Gasteiger partial charge in [-0.2, -0.15) is 0 Å². The lowest BCUT2D eigenvalue weighted by Gasteiger charge is -2.30. The van der Waals surface area contributed by atoms with E-state index < -0.39 is 0 Å². The van der Waals surface area contributed by atoms with Gasteiger partial charge in [0, 0.05) is 11.9 Å². The molecule has 14 heavy (non-hydrogen) atoms. The van der Waals surface area contributed by atoms with Gasteiger partial charge in [0.2, 0.25) is 0 Å². The first-order valence-corrected chi connectivity index (χ1v) is 6.48. The Morgan fingerprint density at radius 1 is 1.50 bits per heavy atom. The van der Waals surface area contributed by atoms with Crippen LogP contribution in [0.15, 0.2) is 0 Å². The average molecular weight is 263 g/mol. The van der Waals surface area contributed by atoms with E-state index >= 15 is 0 Å². The lowest BCUT2D eigenvalue weighted by Crippen LogP contribution is -2.25. The third-order valence-corrected chi connectivity index (χ3v) is 4.44. The molecule has 84 valence electrons. The SMILES string of the molecule is COC(C)(C)CCC1(C)CCC(Br)C1. The van der Waals surface area contributed by atoms with Gasteiger partial charge in [-0.05, 0) is 51.4 Å². The van der Waals surface area contributed by atoms with Crippen LogP contribution in [0.5, 0.6) is 0 Å². The van der Waals surface area contributed by atoms with Crippen LogP contribution >= 0.6 is 15.9 Å². The summed E-state index contributed by atoms with van der Waals surface area (Å²) in [5.74, 6) is 0. The summed E-state index contributed by atoms with van der Waals surface area (Å²) in [5, 5.41) is 0. The van der Waals surface area contributed by atoms with Crippen molar-refractivity contribution < 1.29 is 4.74 Å². The van der Waals surface area contributed by atoms with Gasteiger partial charge in [-0.3, -0.25) is 0 Å². The summed E-state index contributed by atoms with van der Waals surface area (Å²) >= 11 is 3.72. The molecule has 1 saturated carbocycles. The smallest absolute Gasteiger partial charge is 0.0623 e. The number of ether oxygens (including phenoxy) is 1. The van der Waals surface area contributed by atoms with E-state index in [1.54, 1.807) is 0 Å². The molecule has 1 fully saturated rings. The van der Waals surface area contributed by atoms with E-state index in [0.29, 0.717) is 5.41 Å². The van der Waals surface area contributed by atoms with Crippen LogP contribution in [0.2, 0.25) is 0 Å². The van der Waals surface area contributed by atoms with E-state index in [9.17, 15) is 0 Å². The van der Waals surface area contributed by atoms with Crippen molar-refractivity contribution in [2.45, 2.75) is 63.3 Å². The second-order valence-corrected chi connectivity index (χ2v) is 6.91. The number of rotatable bonds is 4. The fourth-order valence-electron chi connectivity index (χ4n) is 2.18. The second-order valence-electron chi connectivity index (χ2n) is 5.61. The molecule has 1 aliphatic carbocycles. The highest BCUT2D eigenvalue weighted by molar-refractivity contribution is 9.09. The summed E-state index contributed by atoms with van der Waals surface area (Å²) in [6.45, 7) is 6.77. The van der Waals surface area contributed by atoms with Gasteiger partial charge in [0.15, 0.2) is 0 Å². The van der Waals surface area contributed by atoms with Gasteiger partial charge in [0.25, 0.3) is 0 Å². The molecule has 2 atom stereocenters. The van der Waals surface area contributed by atoms with Crippen LogP contribution in [0, 0.1) is 5.41 Å². The van der Waals surface area contributed by atoms with E-state index in [1.165, 1.54) is 32.1 Å². The summed E-state index contributed by atoms with van der Waals surface area (Å²) in [4.78, 5) is 0.748. The van der Waals surface area contributed by atoms with Gasteiger partial charge >= 0.3 is 0 Å². The van der Waals surface area contributed by atoms with Crippen LogP contribution in [0.4, 0.5) is 0 Å². The summed E-state index contributed by atoms with van der Waals surface area (Å²) < 4.78 is 5.46. The maximum atomic E-state index is 5.46. The molecule has 2 heteroatoms. The van der Waals surface area contributed by atoms with Gasteiger partial charge in [-0.25, -0.2) is 0 Å². The number of alkyl halides is 1. The first-order chi connectivity index (χ1) is 6.37. The molecule has 0 radical (unpaired) electrons. The molecule has 0 saturated heterocycles. The van der Waals surface area contributed by atoms with Gasteiger partial charge in [-0.15, -0.1) is 0 Å². The first kappa shape index (κ1) is 12.5. The molecule has 0 aromatic rings. The molecule has 1 aliphatic rings. The normalized spacial score (nSPS) is 33.6. The van der Waals surface area contributed by atoms with Crippen molar-refractivity contribution in [1.82, 2.24) is 0 Å². The van der Waals surface area contributed by atoms with Gasteiger partial charge in [0.05, 0.1) is 5.60 Å². The lowest BCUT2D eigenvalue weighted by molar-refractivity contribution is 0.00510. The molecule has 0 aliphatic heterocycles. The van der Waals surface area contributed by atoms with Crippen LogP contribution in [0.25, 0.3) is 0 Å². The van der Waals surface area contributed by atoms with Crippen LogP contribution in [0.3, 0.4) is 0 Å². The van der Waals surface area contributed by atoms with Crippen molar-refractivity contribution in [2.24, 2.45) is 5.41 Å². The Morgan fingerprint density at radius 2 is 2.14 bits per heavy atom. The molecular formula is C12H23BrO. The minimum atomic E-state index is 0.0490. The van der Waals surface area contributed by atoms with Crippen molar-refractivity contribution >= 4 is 15.9 Å². The number of halogens is 1. The van der Waals surface area contributed by atoms with Gasteiger partial charge < -0.3 is 4.74 Å². The van der Waals surface area contributed by atoms with Crippen molar-refractivity contribution in [3.05, 3.63) is 0 Å². The van der Waals surface area contributed by atoms with Gasteiger partial charge in [0.1, 0.15) is 0 Å². The lowest BCUT2D eigenvalue weighted by atomic mass is 9.81. The number of hydrogen-bond acceptors (Lipinski definition) is 1. The first-order valence-electron chi connectivity index (χ1n) is 5.56. The highest BCUT2D eigenvalue weighted by Crippen LogP contribution is 2.45. The zero-order valence-electron chi connectivity index (χ0n) is 9.90. The summed E-state index contributed by atoms with van der Waals surface area (Å²) in [7, 11) is 1.81. The fraction of sp³-hybridized carbons (Fsp3) is 1.00. The van der Waals surface area contributed by atoms with Crippen molar-refractivity contribution in [1.29, 1.82) is 0 Å². The minimum Gasteiger partial charge on any atom is -0.379 e. The van der Waals surface area contributed by atoms with Crippen molar-refractivity contribution in [3.63, 3.8) is 0 Å².